The molecule has 0 radical (unpaired) electrons. The molecule has 0 amide bonds. The fraction of sp³-hybridized carbons (Fsp3) is 0.700. The predicted molar refractivity (Wildman–Crippen MR) is 65.5 cm³/mol. The van der Waals surface area contributed by atoms with Crippen molar-refractivity contribution in [3.05, 3.63) is 15.5 Å². The SMILES string of the molecule is CCCCn1cc(I)c(COCC(F)F)n1. The summed E-state index contributed by atoms with van der Waals surface area (Å²) in [6, 6.07) is 0. The molecule has 0 aliphatic rings. The minimum absolute atomic E-state index is 0.155. The van der Waals surface area contributed by atoms with Crippen LogP contribution >= 0.6 is 22.6 Å². The molecule has 0 aliphatic carbocycles. The molecule has 1 rings (SSSR count). The number of hydrogen-bond donors (Lipinski definition) is 0. The van der Waals surface area contributed by atoms with Crippen molar-refractivity contribution >= 4 is 22.6 Å². The van der Waals surface area contributed by atoms with Crippen LogP contribution in [0.3, 0.4) is 0 Å². The number of ether oxygens (including phenoxy) is 1. The lowest BCUT2D eigenvalue weighted by atomic mass is 10.3. The Morgan fingerprint density at radius 1 is 1.56 bits per heavy atom. The molecule has 1 aromatic heterocycles. The molecule has 16 heavy (non-hydrogen) atoms. The van der Waals surface area contributed by atoms with Crippen molar-refractivity contribution in [2.45, 2.75) is 39.3 Å². The van der Waals surface area contributed by atoms with Gasteiger partial charge in [-0.15, -0.1) is 0 Å². The van der Waals surface area contributed by atoms with Crippen LogP contribution in [0, 0.1) is 3.57 Å². The monoisotopic (exact) mass is 344 g/mol. The summed E-state index contributed by atoms with van der Waals surface area (Å²) in [7, 11) is 0. The van der Waals surface area contributed by atoms with Crippen molar-refractivity contribution in [2.75, 3.05) is 6.61 Å². The van der Waals surface area contributed by atoms with E-state index in [1.807, 2.05) is 10.9 Å². The molecule has 0 unspecified atom stereocenters. The third-order valence-electron chi connectivity index (χ3n) is 2.01. The van der Waals surface area contributed by atoms with Crippen molar-refractivity contribution in [3.63, 3.8) is 0 Å². The third-order valence-corrected chi connectivity index (χ3v) is 2.91. The highest BCUT2D eigenvalue weighted by Gasteiger charge is 2.08. The zero-order valence-corrected chi connectivity index (χ0v) is 11.3. The van der Waals surface area contributed by atoms with Gasteiger partial charge in [0.15, 0.2) is 0 Å². The quantitative estimate of drug-likeness (QED) is 0.711. The predicted octanol–water partition coefficient (Wildman–Crippen LogP) is 3.07. The molecule has 0 N–H and O–H groups in total. The molecule has 0 aliphatic heterocycles. The molecule has 0 atom stereocenters. The maximum atomic E-state index is 11.9. The van der Waals surface area contributed by atoms with Crippen LogP contribution in [0.1, 0.15) is 25.5 Å². The molecule has 1 heterocycles. The van der Waals surface area contributed by atoms with Gasteiger partial charge in [-0.3, -0.25) is 4.68 Å². The second-order valence-electron chi connectivity index (χ2n) is 3.45. The average Bonchev–Trinajstić information content (AvgIpc) is 2.56. The molecule has 1 aromatic rings. The topological polar surface area (TPSA) is 27.1 Å². The molecule has 0 aromatic carbocycles. The van der Waals surface area contributed by atoms with Crippen LogP contribution in [-0.2, 0) is 17.9 Å². The Morgan fingerprint density at radius 3 is 2.94 bits per heavy atom. The van der Waals surface area contributed by atoms with Gasteiger partial charge >= 0.3 is 0 Å². The lowest BCUT2D eigenvalue weighted by Gasteiger charge is -2.01. The van der Waals surface area contributed by atoms with Crippen molar-refractivity contribution in [1.82, 2.24) is 9.78 Å². The highest BCUT2D eigenvalue weighted by Crippen LogP contribution is 2.12. The Bertz CT molecular complexity index is 318. The van der Waals surface area contributed by atoms with E-state index in [1.165, 1.54) is 0 Å². The first kappa shape index (κ1) is 13.8. The number of aromatic nitrogens is 2. The molecule has 0 bridgehead atoms. The Kier molecular flexibility index (Phi) is 6.18. The lowest BCUT2D eigenvalue weighted by molar-refractivity contribution is 0.00848. The van der Waals surface area contributed by atoms with Crippen LogP contribution < -0.4 is 0 Å². The maximum absolute atomic E-state index is 11.9. The largest absolute Gasteiger partial charge is 0.369 e. The van der Waals surface area contributed by atoms with Crippen molar-refractivity contribution in [1.29, 1.82) is 0 Å². The van der Waals surface area contributed by atoms with Gasteiger partial charge in [0.05, 0.1) is 10.2 Å². The first-order valence-electron chi connectivity index (χ1n) is 5.21. The first-order chi connectivity index (χ1) is 7.63. The van der Waals surface area contributed by atoms with E-state index in [4.69, 9.17) is 4.74 Å². The van der Waals surface area contributed by atoms with Gasteiger partial charge < -0.3 is 4.74 Å². The number of hydrogen-bond acceptors (Lipinski definition) is 2. The van der Waals surface area contributed by atoms with Crippen LogP contribution in [0.25, 0.3) is 0 Å². The van der Waals surface area contributed by atoms with Gasteiger partial charge in [-0.1, -0.05) is 13.3 Å². The molecule has 0 spiro atoms. The fourth-order valence-electron chi connectivity index (χ4n) is 1.21. The third kappa shape index (κ3) is 4.73. The van der Waals surface area contributed by atoms with Gasteiger partial charge in [-0.2, -0.15) is 5.10 Å². The maximum Gasteiger partial charge on any atom is 0.261 e. The van der Waals surface area contributed by atoms with E-state index in [1.54, 1.807) is 0 Å². The minimum atomic E-state index is -2.42. The Balaban J connectivity index is 2.43. The summed E-state index contributed by atoms with van der Waals surface area (Å²) < 4.78 is 31.4. The summed E-state index contributed by atoms with van der Waals surface area (Å²) in [6.45, 7) is 2.60. The Morgan fingerprint density at radius 2 is 2.31 bits per heavy atom. The van der Waals surface area contributed by atoms with Crippen LogP contribution in [0.15, 0.2) is 6.20 Å². The van der Waals surface area contributed by atoms with Crippen molar-refractivity contribution in [3.8, 4) is 0 Å². The number of alkyl halides is 2. The van der Waals surface area contributed by atoms with Crippen LogP contribution in [0.4, 0.5) is 8.78 Å². The van der Waals surface area contributed by atoms with Gasteiger partial charge in [0.2, 0.25) is 0 Å². The molecule has 0 saturated heterocycles. The van der Waals surface area contributed by atoms with Gasteiger partial charge in [0, 0.05) is 12.7 Å². The number of halogens is 3. The van der Waals surface area contributed by atoms with Crippen molar-refractivity contribution in [2.24, 2.45) is 0 Å². The van der Waals surface area contributed by atoms with Gasteiger partial charge in [-0.05, 0) is 29.0 Å². The number of nitrogens with zero attached hydrogens (tertiary/aromatic N) is 2. The molecule has 0 fully saturated rings. The summed E-state index contributed by atoms with van der Waals surface area (Å²) in [6.07, 6.45) is 1.67. The molecule has 92 valence electrons. The van der Waals surface area contributed by atoms with E-state index in [-0.39, 0.29) is 6.61 Å². The molecule has 3 nitrogen and oxygen atoms in total. The van der Waals surface area contributed by atoms with E-state index in [2.05, 4.69) is 34.6 Å². The van der Waals surface area contributed by atoms with Crippen LogP contribution in [-0.4, -0.2) is 22.8 Å². The Labute approximate surface area is 107 Å². The van der Waals surface area contributed by atoms with E-state index in [0.717, 1.165) is 28.7 Å². The van der Waals surface area contributed by atoms with Crippen LogP contribution in [0.2, 0.25) is 0 Å². The normalized spacial score (nSPS) is 11.3. The average molecular weight is 344 g/mol. The highest BCUT2D eigenvalue weighted by molar-refractivity contribution is 14.1. The number of unbranched alkanes of at least 4 members (excludes halogenated alkanes) is 1. The second kappa shape index (κ2) is 7.16. The summed E-state index contributed by atoms with van der Waals surface area (Å²) in [5.41, 5.74) is 0.734. The Hall–Kier alpha value is -0.240. The molecule has 0 saturated carbocycles. The van der Waals surface area contributed by atoms with E-state index in [0.29, 0.717) is 0 Å². The summed E-state index contributed by atoms with van der Waals surface area (Å²) in [5.74, 6) is 0. The lowest BCUT2D eigenvalue weighted by Crippen LogP contribution is -2.06. The zero-order chi connectivity index (χ0) is 12.0. The smallest absolute Gasteiger partial charge is 0.261 e. The number of rotatable bonds is 7. The standard InChI is InChI=1S/C10H15F2IN2O/c1-2-3-4-15-5-8(13)9(14-15)6-16-7-10(11)12/h5,10H,2-4,6-7H2,1H3. The summed E-state index contributed by atoms with van der Waals surface area (Å²) in [4.78, 5) is 0. The first-order valence-corrected chi connectivity index (χ1v) is 6.29. The van der Waals surface area contributed by atoms with Crippen molar-refractivity contribution < 1.29 is 13.5 Å². The molecular weight excluding hydrogens is 329 g/mol. The number of aryl methyl sites for hydroxylation is 1. The van der Waals surface area contributed by atoms with E-state index < -0.39 is 13.0 Å². The summed E-state index contributed by atoms with van der Waals surface area (Å²) in [5, 5.41) is 4.28. The van der Waals surface area contributed by atoms with E-state index >= 15 is 0 Å². The second-order valence-corrected chi connectivity index (χ2v) is 4.61. The fourth-order valence-corrected chi connectivity index (χ4v) is 1.80. The van der Waals surface area contributed by atoms with Gasteiger partial charge in [0.25, 0.3) is 6.43 Å². The van der Waals surface area contributed by atoms with Crippen LogP contribution in [0.5, 0.6) is 0 Å². The zero-order valence-electron chi connectivity index (χ0n) is 9.13. The minimum Gasteiger partial charge on any atom is -0.369 e. The summed E-state index contributed by atoms with van der Waals surface area (Å²) >= 11 is 2.14. The van der Waals surface area contributed by atoms with Gasteiger partial charge in [-0.25, -0.2) is 8.78 Å². The van der Waals surface area contributed by atoms with E-state index in [9.17, 15) is 8.78 Å². The van der Waals surface area contributed by atoms with Gasteiger partial charge in [0.1, 0.15) is 12.3 Å². The highest BCUT2D eigenvalue weighted by atomic mass is 127. The molecular formula is C10H15F2IN2O. The molecule has 6 heteroatoms.